The van der Waals surface area contributed by atoms with Gasteiger partial charge in [0.15, 0.2) is 0 Å². The Morgan fingerprint density at radius 3 is 2.60 bits per heavy atom. The minimum Gasteiger partial charge on any atom is -0.872 e. The molecule has 152 valence electrons. The second-order valence-corrected chi connectivity index (χ2v) is 7.04. The lowest BCUT2D eigenvalue weighted by molar-refractivity contribution is -0.385. The Morgan fingerprint density at radius 2 is 1.90 bits per heavy atom. The number of nitro groups is 1. The van der Waals surface area contributed by atoms with E-state index < -0.39 is 16.6 Å². The molecule has 3 aromatic carbocycles. The Labute approximate surface area is 180 Å². The number of hydrazone groups is 1. The molecule has 0 aliphatic heterocycles. The SMILES string of the molecule is O=C(N/N=C\c1cc([N+](=O)[O-])ccc1[O-])c1ccc(OCc2cccc(Br)c2)cc1. The summed E-state index contributed by atoms with van der Waals surface area (Å²) in [5, 5.41) is 26.2. The first-order valence-corrected chi connectivity index (χ1v) is 9.48. The van der Waals surface area contributed by atoms with Crippen molar-refractivity contribution in [2.75, 3.05) is 0 Å². The van der Waals surface area contributed by atoms with Crippen molar-refractivity contribution in [3.8, 4) is 11.5 Å². The number of carbonyl (C=O) groups is 1. The Kier molecular flexibility index (Phi) is 6.76. The number of nitrogens with one attached hydrogen (secondary N) is 1. The number of nitrogens with zero attached hydrogens (tertiary/aromatic N) is 2. The molecule has 30 heavy (non-hydrogen) atoms. The molecule has 0 atom stereocenters. The van der Waals surface area contributed by atoms with E-state index >= 15 is 0 Å². The van der Waals surface area contributed by atoms with E-state index in [9.17, 15) is 20.0 Å². The summed E-state index contributed by atoms with van der Waals surface area (Å²) in [5.74, 6) is -0.337. The number of ether oxygens (including phenoxy) is 1. The predicted octanol–water partition coefficient (Wildman–Crippen LogP) is 3.77. The van der Waals surface area contributed by atoms with E-state index in [0.717, 1.165) is 34.4 Å². The molecule has 0 aliphatic carbocycles. The molecule has 0 aromatic heterocycles. The van der Waals surface area contributed by atoms with E-state index in [1.807, 2.05) is 24.3 Å². The number of hydrogen-bond acceptors (Lipinski definition) is 6. The van der Waals surface area contributed by atoms with Crippen molar-refractivity contribution < 1.29 is 19.6 Å². The summed E-state index contributed by atoms with van der Waals surface area (Å²) in [4.78, 5) is 22.3. The zero-order chi connectivity index (χ0) is 21.5. The molecule has 1 amide bonds. The molecule has 0 saturated heterocycles. The van der Waals surface area contributed by atoms with Crippen LogP contribution in [0, 0.1) is 10.1 Å². The summed E-state index contributed by atoms with van der Waals surface area (Å²) in [5.41, 5.74) is 3.38. The van der Waals surface area contributed by atoms with Crippen LogP contribution in [0.25, 0.3) is 0 Å². The lowest BCUT2D eigenvalue weighted by Gasteiger charge is -2.09. The third kappa shape index (κ3) is 5.65. The van der Waals surface area contributed by atoms with Crippen molar-refractivity contribution in [2.45, 2.75) is 6.61 Å². The minimum atomic E-state index is -0.615. The Hall–Kier alpha value is -3.72. The standard InChI is InChI=1S/C21H16BrN3O5/c22-17-3-1-2-14(10-17)13-30-19-7-4-15(5-8-19)21(27)24-23-12-16-11-18(25(28)29)6-9-20(16)26/h1-12,26H,13H2,(H,24,27)/p-1/b23-12-. The number of non-ortho nitro benzene ring substituents is 1. The van der Waals surface area contributed by atoms with Crippen molar-refractivity contribution in [2.24, 2.45) is 5.10 Å². The van der Waals surface area contributed by atoms with Gasteiger partial charge in [-0.25, -0.2) is 5.43 Å². The second kappa shape index (κ2) is 9.66. The topological polar surface area (TPSA) is 117 Å². The smallest absolute Gasteiger partial charge is 0.271 e. The van der Waals surface area contributed by atoms with Crippen LogP contribution < -0.4 is 15.3 Å². The number of benzene rings is 3. The van der Waals surface area contributed by atoms with Crippen LogP contribution in [0.5, 0.6) is 11.5 Å². The average Bonchev–Trinajstić information content (AvgIpc) is 2.73. The zero-order valence-electron chi connectivity index (χ0n) is 15.4. The maximum absolute atomic E-state index is 12.2. The van der Waals surface area contributed by atoms with Gasteiger partial charge < -0.3 is 9.84 Å². The molecule has 3 rings (SSSR count). The molecular weight excluding hydrogens is 454 g/mol. The summed E-state index contributed by atoms with van der Waals surface area (Å²) in [7, 11) is 0. The highest BCUT2D eigenvalue weighted by atomic mass is 79.9. The maximum Gasteiger partial charge on any atom is 0.271 e. The van der Waals surface area contributed by atoms with E-state index in [1.54, 1.807) is 24.3 Å². The van der Waals surface area contributed by atoms with Gasteiger partial charge in [-0.3, -0.25) is 14.9 Å². The molecular formula is C21H15BrN3O5-. The molecule has 0 aliphatic rings. The van der Waals surface area contributed by atoms with Gasteiger partial charge in [-0.2, -0.15) is 5.10 Å². The largest absolute Gasteiger partial charge is 0.872 e. The number of hydrogen-bond donors (Lipinski definition) is 1. The fourth-order valence-electron chi connectivity index (χ4n) is 2.47. The van der Waals surface area contributed by atoms with Gasteiger partial charge in [-0.15, -0.1) is 0 Å². The number of rotatable bonds is 7. The summed E-state index contributed by atoms with van der Waals surface area (Å²) in [6.07, 6.45) is 1.07. The van der Waals surface area contributed by atoms with Crippen molar-refractivity contribution >= 4 is 33.7 Å². The quantitative estimate of drug-likeness (QED) is 0.321. The van der Waals surface area contributed by atoms with Crippen molar-refractivity contribution in [3.05, 3.63) is 98.0 Å². The predicted molar refractivity (Wildman–Crippen MR) is 113 cm³/mol. The first-order valence-electron chi connectivity index (χ1n) is 8.68. The normalized spacial score (nSPS) is 10.7. The number of amides is 1. The Morgan fingerprint density at radius 1 is 1.13 bits per heavy atom. The highest BCUT2D eigenvalue weighted by molar-refractivity contribution is 9.10. The van der Waals surface area contributed by atoms with E-state index in [4.69, 9.17) is 4.74 Å². The molecule has 0 heterocycles. The average molecular weight is 469 g/mol. The van der Waals surface area contributed by atoms with E-state index in [0.29, 0.717) is 17.9 Å². The van der Waals surface area contributed by atoms with Crippen LogP contribution in [-0.2, 0) is 6.61 Å². The van der Waals surface area contributed by atoms with Crippen molar-refractivity contribution in [3.63, 3.8) is 0 Å². The van der Waals surface area contributed by atoms with Crippen LogP contribution in [0.1, 0.15) is 21.5 Å². The highest BCUT2D eigenvalue weighted by Gasteiger charge is 2.07. The molecule has 1 N–H and O–H groups in total. The molecule has 0 radical (unpaired) electrons. The molecule has 0 unspecified atom stereocenters. The summed E-state index contributed by atoms with van der Waals surface area (Å²) in [6, 6.07) is 17.5. The van der Waals surface area contributed by atoms with E-state index in [-0.39, 0.29) is 11.3 Å². The van der Waals surface area contributed by atoms with Gasteiger partial charge in [-0.05, 0) is 47.5 Å². The van der Waals surface area contributed by atoms with Gasteiger partial charge in [0.1, 0.15) is 12.4 Å². The van der Waals surface area contributed by atoms with Gasteiger partial charge in [0.2, 0.25) is 0 Å². The van der Waals surface area contributed by atoms with Gasteiger partial charge in [0.05, 0.1) is 11.1 Å². The van der Waals surface area contributed by atoms with Crippen LogP contribution in [0.15, 0.2) is 76.3 Å². The molecule has 0 fully saturated rings. The number of halogens is 1. The third-order valence-corrected chi connectivity index (χ3v) is 4.48. The maximum atomic E-state index is 12.2. The second-order valence-electron chi connectivity index (χ2n) is 6.12. The van der Waals surface area contributed by atoms with Gasteiger partial charge in [-0.1, -0.05) is 39.9 Å². The van der Waals surface area contributed by atoms with Crippen LogP contribution in [-0.4, -0.2) is 17.0 Å². The summed E-state index contributed by atoms with van der Waals surface area (Å²) >= 11 is 3.40. The molecule has 0 spiro atoms. The molecule has 8 nitrogen and oxygen atoms in total. The third-order valence-electron chi connectivity index (χ3n) is 3.98. The first-order chi connectivity index (χ1) is 14.4. The summed E-state index contributed by atoms with van der Waals surface area (Å²) in [6.45, 7) is 0.385. The number of nitro benzene ring substituents is 1. The van der Waals surface area contributed by atoms with Crippen molar-refractivity contribution in [1.82, 2.24) is 5.43 Å². The van der Waals surface area contributed by atoms with E-state index in [2.05, 4.69) is 26.5 Å². The molecule has 0 bridgehead atoms. The van der Waals surface area contributed by atoms with E-state index in [1.165, 1.54) is 0 Å². The van der Waals surface area contributed by atoms with Crippen molar-refractivity contribution in [1.29, 1.82) is 0 Å². The Bertz CT molecular complexity index is 1100. The first kappa shape index (κ1) is 21.0. The molecule has 9 heteroatoms. The lowest BCUT2D eigenvalue weighted by atomic mass is 10.2. The fourth-order valence-corrected chi connectivity index (χ4v) is 2.92. The summed E-state index contributed by atoms with van der Waals surface area (Å²) < 4.78 is 6.66. The van der Waals surface area contributed by atoms with Crippen LogP contribution >= 0.6 is 15.9 Å². The molecule has 0 saturated carbocycles. The van der Waals surface area contributed by atoms with Crippen LogP contribution in [0.2, 0.25) is 0 Å². The monoisotopic (exact) mass is 468 g/mol. The number of carbonyl (C=O) groups excluding carboxylic acids is 1. The highest BCUT2D eigenvalue weighted by Crippen LogP contribution is 2.19. The van der Waals surface area contributed by atoms with Gasteiger partial charge in [0, 0.05) is 22.2 Å². The van der Waals surface area contributed by atoms with Crippen LogP contribution in [0.3, 0.4) is 0 Å². The zero-order valence-corrected chi connectivity index (χ0v) is 17.0. The van der Waals surface area contributed by atoms with Crippen LogP contribution in [0.4, 0.5) is 5.69 Å². The van der Waals surface area contributed by atoms with Gasteiger partial charge in [0.25, 0.3) is 11.6 Å². The lowest BCUT2D eigenvalue weighted by Crippen LogP contribution is -2.17. The minimum absolute atomic E-state index is 0.000738. The Balaban J connectivity index is 1.57. The molecule has 3 aromatic rings. The van der Waals surface area contributed by atoms with Gasteiger partial charge >= 0.3 is 0 Å². The fraction of sp³-hybridized carbons (Fsp3) is 0.0476.